The van der Waals surface area contributed by atoms with Gasteiger partial charge in [0.25, 0.3) is 0 Å². The maximum atomic E-state index is 2.34. The van der Waals surface area contributed by atoms with Crippen molar-refractivity contribution in [3.63, 3.8) is 0 Å². The Balaban J connectivity index is 0.00000361. The van der Waals surface area contributed by atoms with Crippen LogP contribution in [0.5, 0.6) is 0 Å². The smallest absolute Gasteiger partial charge is 0.168 e. The molecular weight excluding hydrogens is 357 g/mol. The summed E-state index contributed by atoms with van der Waals surface area (Å²) >= 11 is 0. The Morgan fingerprint density at radius 1 is 0.850 bits per heavy atom. The maximum Gasteiger partial charge on any atom is 0.168 e. The molecule has 0 atom stereocenters. The molecule has 2 heteroatoms. The van der Waals surface area contributed by atoms with Crippen molar-refractivity contribution in [3.8, 4) is 0 Å². The molecule has 0 unspecified atom stereocenters. The number of aromatic nitrogens is 1. The molecule has 0 N–H and O–H groups in total. The Morgan fingerprint density at radius 2 is 1.35 bits per heavy atom. The van der Waals surface area contributed by atoms with Crippen LogP contribution in [0.1, 0.15) is 71.3 Å². The van der Waals surface area contributed by atoms with E-state index in [4.69, 9.17) is 0 Å². The molecule has 0 aliphatic rings. The molecule has 0 fully saturated rings. The van der Waals surface area contributed by atoms with Crippen molar-refractivity contribution < 1.29 is 28.5 Å². The first-order valence-electron chi connectivity index (χ1n) is 7.91. The Hall–Kier alpha value is -0.120. The van der Waals surface area contributed by atoms with Crippen LogP contribution in [0, 0.1) is 5.41 Å². The van der Waals surface area contributed by atoms with E-state index in [0.29, 0.717) is 5.41 Å². The second-order valence-electron chi connectivity index (χ2n) is 7.05. The second-order valence-corrected chi connectivity index (χ2v) is 7.05. The Morgan fingerprint density at radius 3 is 1.90 bits per heavy atom. The van der Waals surface area contributed by atoms with Crippen molar-refractivity contribution >= 4 is 0 Å². The minimum absolute atomic E-state index is 0. The fraction of sp³-hybridized carbons (Fsp3) is 0.722. The molecule has 0 amide bonds. The second kappa shape index (κ2) is 10.6. The van der Waals surface area contributed by atoms with Crippen LogP contribution in [0.25, 0.3) is 0 Å². The zero-order valence-corrected chi connectivity index (χ0v) is 15.9. The third-order valence-corrected chi connectivity index (χ3v) is 3.69. The van der Waals surface area contributed by atoms with E-state index < -0.39 is 0 Å². The molecule has 0 aliphatic carbocycles. The predicted molar refractivity (Wildman–Crippen MR) is 83.1 cm³/mol. The van der Waals surface area contributed by atoms with E-state index in [9.17, 15) is 0 Å². The third-order valence-electron chi connectivity index (χ3n) is 3.69. The van der Waals surface area contributed by atoms with Crippen LogP contribution < -0.4 is 28.5 Å². The van der Waals surface area contributed by atoms with Crippen LogP contribution >= 0.6 is 0 Å². The van der Waals surface area contributed by atoms with Crippen molar-refractivity contribution in [3.05, 3.63) is 30.1 Å². The normalized spacial score (nSPS) is 11.2. The van der Waals surface area contributed by atoms with Gasteiger partial charge in [0, 0.05) is 12.1 Å². The first kappa shape index (κ1) is 19.9. The lowest BCUT2D eigenvalue weighted by molar-refractivity contribution is -0.671. The average Bonchev–Trinajstić information content (AvgIpc) is 2.33. The van der Waals surface area contributed by atoms with Gasteiger partial charge in [-0.3, -0.25) is 0 Å². The van der Waals surface area contributed by atoms with Gasteiger partial charge in [0.1, 0.15) is 7.05 Å². The summed E-state index contributed by atoms with van der Waals surface area (Å²) < 4.78 is 2.10. The van der Waals surface area contributed by atoms with E-state index in [-0.39, 0.29) is 24.0 Å². The van der Waals surface area contributed by atoms with E-state index in [1.165, 1.54) is 56.9 Å². The molecule has 0 spiro atoms. The molecule has 0 saturated carbocycles. The summed E-state index contributed by atoms with van der Waals surface area (Å²) in [6.07, 6.45) is 15.3. The summed E-state index contributed by atoms with van der Waals surface area (Å²) in [7, 11) is 2.07. The van der Waals surface area contributed by atoms with Crippen LogP contribution in [-0.2, 0) is 13.5 Å². The number of nitrogens with zero attached hydrogens (tertiary/aromatic N) is 1. The number of aryl methyl sites for hydroxylation is 2. The Bertz CT molecular complexity index is 337. The largest absolute Gasteiger partial charge is 1.00 e. The van der Waals surface area contributed by atoms with Gasteiger partial charge in [-0.1, -0.05) is 52.9 Å². The monoisotopic (exact) mass is 389 g/mol. The molecule has 20 heavy (non-hydrogen) atoms. The fourth-order valence-corrected chi connectivity index (χ4v) is 2.39. The summed E-state index contributed by atoms with van der Waals surface area (Å²) in [4.78, 5) is 0. The first-order valence-corrected chi connectivity index (χ1v) is 7.91. The van der Waals surface area contributed by atoms with Crippen molar-refractivity contribution in [2.45, 2.75) is 72.1 Å². The lowest BCUT2D eigenvalue weighted by atomic mass is 9.89. The molecule has 116 valence electrons. The number of hydrogen-bond acceptors (Lipinski definition) is 0. The van der Waals surface area contributed by atoms with E-state index in [1.54, 1.807) is 0 Å². The van der Waals surface area contributed by atoms with Gasteiger partial charge < -0.3 is 24.0 Å². The molecule has 0 aromatic carbocycles. The number of hydrogen-bond donors (Lipinski definition) is 0. The summed E-state index contributed by atoms with van der Waals surface area (Å²) in [6.45, 7) is 7.02. The van der Waals surface area contributed by atoms with Gasteiger partial charge in [0.15, 0.2) is 12.4 Å². The van der Waals surface area contributed by atoms with Gasteiger partial charge in [-0.15, -0.1) is 0 Å². The highest BCUT2D eigenvalue weighted by Gasteiger charge is 2.08. The fourth-order valence-electron chi connectivity index (χ4n) is 2.39. The van der Waals surface area contributed by atoms with Gasteiger partial charge in [-0.05, 0) is 30.2 Å². The van der Waals surface area contributed by atoms with Crippen LogP contribution in [0.15, 0.2) is 24.5 Å². The molecular formula is C18H32IN. The zero-order chi connectivity index (χ0) is 14.1. The molecule has 1 nitrogen and oxygen atoms in total. The zero-order valence-electron chi connectivity index (χ0n) is 13.8. The quantitative estimate of drug-likeness (QED) is 0.363. The average molecular weight is 389 g/mol. The molecule has 0 saturated heterocycles. The van der Waals surface area contributed by atoms with Gasteiger partial charge in [-0.25, -0.2) is 4.57 Å². The highest BCUT2D eigenvalue weighted by atomic mass is 127. The summed E-state index contributed by atoms with van der Waals surface area (Å²) in [5.74, 6) is 0. The molecule has 0 radical (unpaired) electrons. The Kier molecular flexibility index (Phi) is 10.5. The first-order chi connectivity index (χ1) is 8.97. The van der Waals surface area contributed by atoms with E-state index in [0.717, 1.165) is 0 Å². The number of pyridine rings is 1. The topological polar surface area (TPSA) is 3.88 Å². The lowest BCUT2D eigenvalue weighted by Gasteiger charge is -2.17. The van der Waals surface area contributed by atoms with Crippen molar-refractivity contribution in [2.75, 3.05) is 0 Å². The highest BCUT2D eigenvalue weighted by molar-refractivity contribution is 5.06. The minimum Gasteiger partial charge on any atom is -1.00 e. The molecule has 1 aromatic rings. The molecule has 1 aromatic heterocycles. The summed E-state index contributed by atoms with van der Waals surface area (Å²) in [5.41, 5.74) is 1.99. The molecule has 0 aliphatic heterocycles. The van der Waals surface area contributed by atoms with Crippen molar-refractivity contribution in [2.24, 2.45) is 12.5 Å². The van der Waals surface area contributed by atoms with Crippen LogP contribution in [-0.4, -0.2) is 0 Å². The van der Waals surface area contributed by atoms with Crippen LogP contribution in [0.3, 0.4) is 0 Å². The molecule has 1 heterocycles. The maximum absolute atomic E-state index is 2.34. The van der Waals surface area contributed by atoms with E-state index >= 15 is 0 Å². The van der Waals surface area contributed by atoms with Gasteiger partial charge >= 0.3 is 0 Å². The number of unbranched alkanes of at least 4 members (excludes halogenated alkanes) is 5. The third kappa shape index (κ3) is 10.6. The van der Waals surface area contributed by atoms with E-state index in [2.05, 4.69) is 56.9 Å². The highest BCUT2D eigenvalue weighted by Crippen LogP contribution is 2.22. The van der Waals surface area contributed by atoms with Crippen molar-refractivity contribution in [1.82, 2.24) is 0 Å². The predicted octanol–water partition coefficient (Wildman–Crippen LogP) is 1.83. The summed E-state index contributed by atoms with van der Waals surface area (Å²) in [5, 5.41) is 0. The van der Waals surface area contributed by atoms with Crippen LogP contribution in [0.2, 0.25) is 0 Å². The van der Waals surface area contributed by atoms with Crippen LogP contribution in [0.4, 0.5) is 0 Å². The number of rotatable bonds is 8. The molecule has 0 bridgehead atoms. The lowest BCUT2D eigenvalue weighted by Crippen LogP contribution is -3.00. The van der Waals surface area contributed by atoms with Gasteiger partial charge in [0.05, 0.1) is 0 Å². The van der Waals surface area contributed by atoms with Gasteiger partial charge in [-0.2, -0.15) is 0 Å². The summed E-state index contributed by atoms with van der Waals surface area (Å²) in [6, 6.07) is 4.48. The molecule has 1 rings (SSSR count). The van der Waals surface area contributed by atoms with Gasteiger partial charge in [0.2, 0.25) is 0 Å². The SMILES string of the molecule is C[n+]1ccc(CCCCCCCCC(C)(C)C)cc1.[I-]. The Labute approximate surface area is 143 Å². The van der Waals surface area contributed by atoms with Crippen molar-refractivity contribution in [1.29, 1.82) is 0 Å². The van der Waals surface area contributed by atoms with E-state index in [1.807, 2.05) is 0 Å². The minimum atomic E-state index is 0. The standard InChI is InChI=1S/C18H32N.HI/c1-18(2,3)14-10-8-6-5-7-9-11-17-12-15-19(4)16-13-17;/h12-13,15-16H,5-11,14H2,1-4H3;1H/q+1;/p-1. The number of halogens is 1.